The molecule has 4 heteroatoms. The van der Waals surface area contributed by atoms with Crippen molar-refractivity contribution in [1.82, 2.24) is 4.98 Å². The molecule has 0 aliphatic heterocycles. The van der Waals surface area contributed by atoms with Crippen LogP contribution in [-0.2, 0) is 0 Å². The predicted molar refractivity (Wildman–Crippen MR) is 63.7 cm³/mol. The van der Waals surface area contributed by atoms with Crippen molar-refractivity contribution in [1.29, 1.82) is 0 Å². The Balaban J connectivity index is 2.34. The number of nitrogen functional groups attached to an aromatic ring is 1. The van der Waals surface area contributed by atoms with Gasteiger partial charge in [-0.2, -0.15) is 0 Å². The number of fused-ring (bicyclic) bond motifs is 1. The Hall–Kier alpha value is -1.81. The topological polar surface area (TPSA) is 77.0 Å². The number of nitrogens with one attached hydrogen (secondary N) is 1. The monoisotopic (exact) mass is 202 g/mol. The van der Waals surface area contributed by atoms with Gasteiger partial charge in [-0.3, -0.25) is 0 Å². The molecule has 78 valence electrons. The second kappa shape index (κ2) is 4.14. The van der Waals surface area contributed by atoms with Crippen LogP contribution >= 0.6 is 0 Å². The van der Waals surface area contributed by atoms with E-state index in [2.05, 4.69) is 10.3 Å². The molecule has 0 atom stereocenters. The molecule has 0 spiro atoms. The zero-order valence-electron chi connectivity index (χ0n) is 8.40. The van der Waals surface area contributed by atoms with Crippen LogP contribution in [0, 0.1) is 0 Å². The first-order valence-electron chi connectivity index (χ1n) is 4.90. The Labute approximate surface area is 88.3 Å². The minimum absolute atomic E-state index is 0.599. The minimum Gasteiger partial charge on any atom is -0.399 e. The molecule has 0 aliphatic carbocycles. The molecule has 1 heterocycles. The van der Waals surface area contributed by atoms with Crippen LogP contribution in [0.2, 0.25) is 0 Å². The van der Waals surface area contributed by atoms with E-state index in [4.69, 9.17) is 11.5 Å². The molecule has 5 N–H and O–H groups in total. The van der Waals surface area contributed by atoms with Gasteiger partial charge in [0.05, 0.1) is 5.52 Å². The molecule has 0 saturated carbocycles. The van der Waals surface area contributed by atoms with Crippen molar-refractivity contribution in [3.05, 3.63) is 30.3 Å². The highest BCUT2D eigenvalue weighted by Crippen LogP contribution is 2.17. The molecule has 0 saturated heterocycles. The van der Waals surface area contributed by atoms with Gasteiger partial charge in [0.1, 0.15) is 5.82 Å². The van der Waals surface area contributed by atoms with Gasteiger partial charge < -0.3 is 16.8 Å². The van der Waals surface area contributed by atoms with Gasteiger partial charge in [-0.15, -0.1) is 0 Å². The van der Waals surface area contributed by atoms with Crippen molar-refractivity contribution in [3.63, 3.8) is 0 Å². The van der Waals surface area contributed by atoms with Gasteiger partial charge in [0.25, 0.3) is 0 Å². The number of hydrogen-bond donors (Lipinski definition) is 3. The van der Waals surface area contributed by atoms with Crippen LogP contribution in [0.25, 0.3) is 10.9 Å². The summed E-state index contributed by atoms with van der Waals surface area (Å²) in [6.45, 7) is 1.33. The fourth-order valence-electron chi connectivity index (χ4n) is 1.44. The van der Waals surface area contributed by atoms with Crippen molar-refractivity contribution in [3.8, 4) is 0 Å². The number of rotatable bonds is 3. The third-order valence-corrected chi connectivity index (χ3v) is 2.16. The molecule has 0 unspecified atom stereocenters. The number of pyridine rings is 1. The van der Waals surface area contributed by atoms with Crippen LogP contribution in [0.4, 0.5) is 11.5 Å². The zero-order chi connectivity index (χ0) is 10.7. The summed E-state index contributed by atoms with van der Waals surface area (Å²) >= 11 is 0. The maximum Gasteiger partial charge on any atom is 0.126 e. The number of aromatic nitrogens is 1. The maximum atomic E-state index is 5.68. The van der Waals surface area contributed by atoms with E-state index in [1.807, 2.05) is 30.3 Å². The molecule has 0 radical (unpaired) electrons. The molecule has 0 fully saturated rings. The predicted octanol–water partition coefficient (Wildman–Crippen LogP) is 1.19. The summed E-state index contributed by atoms with van der Waals surface area (Å²) in [7, 11) is 0. The number of benzene rings is 1. The first kappa shape index (κ1) is 9.73. The highest BCUT2D eigenvalue weighted by molar-refractivity contribution is 5.83. The normalized spacial score (nSPS) is 10.5. The van der Waals surface area contributed by atoms with E-state index in [1.54, 1.807) is 0 Å². The molecule has 2 rings (SSSR count). The lowest BCUT2D eigenvalue weighted by molar-refractivity contribution is 1.01. The SMILES string of the molecule is NCCNc1ccc2cc(N)ccc2n1. The van der Waals surface area contributed by atoms with Crippen molar-refractivity contribution in [2.75, 3.05) is 24.1 Å². The van der Waals surface area contributed by atoms with E-state index in [0.717, 1.165) is 29.0 Å². The fourth-order valence-corrected chi connectivity index (χ4v) is 1.44. The van der Waals surface area contributed by atoms with Crippen LogP contribution in [-0.4, -0.2) is 18.1 Å². The first-order chi connectivity index (χ1) is 7.29. The van der Waals surface area contributed by atoms with Crippen molar-refractivity contribution < 1.29 is 0 Å². The van der Waals surface area contributed by atoms with Crippen LogP contribution in [0.3, 0.4) is 0 Å². The largest absolute Gasteiger partial charge is 0.399 e. The lowest BCUT2D eigenvalue weighted by Gasteiger charge is -2.05. The molecule has 4 nitrogen and oxygen atoms in total. The Bertz CT molecular complexity index is 467. The molecule has 2 aromatic rings. The molecule has 1 aromatic heterocycles. The highest BCUT2D eigenvalue weighted by atomic mass is 15.0. The molecule has 0 aliphatic rings. The quantitative estimate of drug-likeness (QED) is 0.653. The Kier molecular flexibility index (Phi) is 2.69. The number of nitrogens with two attached hydrogens (primary N) is 2. The van der Waals surface area contributed by atoms with Crippen molar-refractivity contribution in [2.24, 2.45) is 5.73 Å². The third-order valence-electron chi connectivity index (χ3n) is 2.16. The van der Waals surface area contributed by atoms with Gasteiger partial charge in [0, 0.05) is 24.2 Å². The molecule has 15 heavy (non-hydrogen) atoms. The highest BCUT2D eigenvalue weighted by Gasteiger charge is 1.97. The van der Waals surface area contributed by atoms with Crippen molar-refractivity contribution in [2.45, 2.75) is 0 Å². The summed E-state index contributed by atoms with van der Waals surface area (Å²) in [6.07, 6.45) is 0. The van der Waals surface area contributed by atoms with Crippen LogP contribution in [0.5, 0.6) is 0 Å². The summed E-state index contributed by atoms with van der Waals surface area (Å²) < 4.78 is 0. The average molecular weight is 202 g/mol. The summed E-state index contributed by atoms with van der Waals surface area (Å²) in [5, 5.41) is 4.18. The lowest BCUT2D eigenvalue weighted by Crippen LogP contribution is -2.13. The molecule has 0 amide bonds. The van der Waals surface area contributed by atoms with Gasteiger partial charge in [-0.1, -0.05) is 0 Å². The maximum absolute atomic E-state index is 5.68. The summed E-state index contributed by atoms with van der Waals surface area (Å²) in [5.74, 6) is 0.845. The number of nitrogens with zero attached hydrogens (tertiary/aromatic N) is 1. The average Bonchev–Trinajstić information content (AvgIpc) is 2.26. The van der Waals surface area contributed by atoms with Gasteiger partial charge in [0.15, 0.2) is 0 Å². The summed E-state index contributed by atoms with van der Waals surface area (Å²) in [6, 6.07) is 9.60. The summed E-state index contributed by atoms with van der Waals surface area (Å²) in [4.78, 5) is 4.43. The summed E-state index contributed by atoms with van der Waals surface area (Å²) in [5.41, 5.74) is 12.8. The van der Waals surface area contributed by atoms with Crippen LogP contribution in [0.1, 0.15) is 0 Å². The van der Waals surface area contributed by atoms with Gasteiger partial charge in [0.2, 0.25) is 0 Å². The van der Waals surface area contributed by atoms with Gasteiger partial charge >= 0.3 is 0 Å². The van der Waals surface area contributed by atoms with E-state index in [1.165, 1.54) is 0 Å². The van der Waals surface area contributed by atoms with Crippen molar-refractivity contribution >= 4 is 22.4 Å². The Morgan fingerprint density at radius 1 is 1.20 bits per heavy atom. The number of hydrogen-bond acceptors (Lipinski definition) is 4. The van der Waals surface area contributed by atoms with Gasteiger partial charge in [-0.05, 0) is 30.3 Å². The molecular formula is C11H14N4. The van der Waals surface area contributed by atoms with E-state index in [-0.39, 0.29) is 0 Å². The van der Waals surface area contributed by atoms with Gasteiger partial charge in [-0.25, -0.2) is 4.98 Å². The smallest absolute Gasteiger partial charge is 0.126 e. The molecule has 1 aromatic carbocycles. The Morgan fingerprint density at radius 3 is 2.87 bits per heavy atom. The molecule has 0 bridgehead atoms. The lowest BCUT2D eigenvalue weighted by atomic mass is 10.2. The Morgan fingerprint density at radius 2 is 2.07 bits per heavy atom. The van der Waals surface area contributed by atoms with E-state index < -0.39 is 0 Å². The number of anilines is 2. The minimum atomic E-state index is 0.599. The first-order valence-corrected chi connectivity index (χ1v) is 4.90. The van der Waals surface area contributed by atoms with E-state index >= 15 is 0 Å². The van der Waals surface area contributed by atoms with Crippen LogP contribution < -0.4 is 16.8 Å². The molecular weight excluding hydrogens is 188 g/mol. The van der Waals surface area contributed by atoms with Crippen LogP contribution in [0.15, 0.2) is 30.3 Å². The fraction of sp³-hybridized carbons (Fsp3) is 0.182. The van der Waals surface area contributed by atoms with E-state index in [9.17, 15) is 0 Å². The standard InChI is InChI=1S/C11H14N4/c12-5-6-14-11-4-1-8-7-9(13)2-3-10(8)15-11/h1-4,7H,5-6,12-13H2,(H,14,15). The second-order valence-corrected chi connectivity index (χ2v) is 3.36. The zero-order valence-corrected chi connectivity index (χ0v) is 8.40. The third kappa shape index (κ3) is 2.16. The second-order valence-electron chi connectivity index (χ2n) is 3.36. The van der Waals surface area contributed by atoms with E-state index in [0.29, 0.717) is 6.54 Å².